The summed E-state index contributed by atoms with van der Waals surface area (Å²) in [6.07, 6.45) is -1.37. The van der Waals surface area contributed by atoms with Crippen LogP contribution in [0.15, 0.2) is 60.7 Å². The van der Waals surface area contributed by atoms with Gasteiger partial charge >= 0.3 is 5.97 Å². The summed E-state index contributed by atoms with van der Waals surface area (Å²) in [5.74, 6) is -0.389. The summed E-state index contributed by atoms with van der Waals surface area (Å²) in [5.41, 5.74) is 1.57. The van der Waals surface area contributed by atoms with Crippen LogP contribution in [0.2, 0.25) is 0 Å². The van der Waals surface area contributed by atoms with Gasteiger partial charge in [0.15, 0.2) is 6.29 Å². The first-order valence-electron chi connectivity index (χ1n) is 8.66. The fraction of sp³-hybridized carbons (Fsp3) is 0.381. The molecule has 2 aromatic carbocycles. The van der Waals surface area contributed by atoms with Gasteiger partial charge in [-0.25, -0.2) is 4.79 Å². The molecule has 0 radical (unpaired) electrons. The molecule has 0 aliphatic heterocycles. The summed E-state index contributed by atoms with van der Waals surface area (Å²) < 4.78 is 22.3. The maximum Gasteiger partial charge on any atom is 0.338 e. The minimum atomic E-state index is -0.490. The van der Waals surface area contributed by atoms with E-state index >= 15 is 0 Å². The van der Waals surface area contributed by atoms with Crippen LogP contribution in [0.1, 0.15) is 29.8 Å². The predicted molar refractivity (Wildman–Crippen MR) is 98.8 cm³/mol. The number of rotatable bonds is 10. The summed E-state index contributed by atoms with van der Waals surface area (Å²) in [5, 5.41) is 0. The van der Waals surface area contributed by atoms with Gasteiger partial charge in [-0.1, -0.05) is 48.5 Å². The number of esters is 1. The summed E-state index contributed by atoms with van der Waals surface area (Å²) in [6, 6.07) is 18.7. The second kappa shape index (κ2) is 10.7. The Labute approximate surface area is 154 Å². The second-order valence-corrected chi connectivity index (χ2v) is 5.96. The SMILES string of the molecule is COC(C)OC(COCc1ccccc1)C(C)OC(=O)c1ccccc1. The molecule has 0 spiro atoms. The lowest BCUT2D eigenvalue weighted by Gasteiger charge is -2.26. The van der Waals surface area contributed by atoms with E-state index in [1.54, 1.807) is 45.2 Å². The molecular weight excluding hydrogens is 332 g/mol. The molecule has 3 atom stereocenters. The molecule has 0 bridgehead atoms. The van der Waals surface area contributed by atoms with Gasteiger partial charge in [-0.15, -0.1) is 0 Å². The molecule has 0 saturated carbocycles. The highest BCUT2D eigenvalue weighted by molar-refractivity contribution is 5.89. The van der Waals surface area contributed by atoms with Crippen molar-refractivity contribution in [3.63, 3.8) is 0 Å². The molecule has 0 saturated heterocycles. The number of benzene rings is 2. The Balaban J connectivity index is 1.92. The average molecular weight is 358 g/mol. The van der Waals surface area contributed by atoms with Crippen LogP contribution in [-0.4, -0.2) is 38.2 Å². The largest absolute Gasteiger partial charge is 0.456 e. The zero-order chi connectivity index (χ0) is 18.8. The lowest BCUT2D eigenvalue weighted by Crippen LogP contribution is -2.37. The van der Waals surface area contributed by atoms with Gasteiger partial charge in [0.1, 0.15) is 12.2 Å². The highest BCUT2D eigenvalue weighted by Gasteiger charge is 2.25. The topological polar surface area (TPSA) is 54.0 Å². The smallest absolute Gasteiger partial charge is 0.338 e. The Morgan fingerprint density at radius 3 is 2.19 bits per heavy atom. The number of ether oxygens (including phenoxy) is 4. The van der Waals surface area contributed by atoms with Crippen molar-refractivity contribution in [1.29, 1.82) is 0 Å². The van der Waals surface area contributed by atoms with Crippen LogP contribution < -0.4 is 0 Å². The van der Waals surface area contributed by atoms with Crippen LogP contribution in [0, 0.1) is 0 Å². The van der Waals surface area contributed by atoms with Crippen molar-refractivity contribution in [1.82, 2.24) is 0 Å². The molecule has 0 fully saturated rings. The van der Waals surface area contributed by atoms with E-state index in [2.05, 4.69) is 0 Å². The van der Waals surface area contributed by atoms with E-state index < -0.39 is 18.5 Å². The number of carbonyl (C=O) groups is 1. The van der Waals surface area contributed by atoms with E-state index in [1.165, 1.54) is 0 Å². The highest BCUT2D eigenvalue weighted by atomic mass is 16.7. The van der Waals surface area contributed by atoms with Crippen molar-refractivity contribution < 1.29 is 23.7 Å². The third-order valence-corrected chi connectivity index (χ3v) is 3.92. The van der Waals surface area contributed by atoms with Gasteiger partial charge in [0.05, 0.1) is 18.8 Å². The Bertz CT molecular complexity index is 644. The highest BCUT2D eigenvalue weighted by Crippen LogP contribution is 2.13. The minimum absolute atomic E-state index is 0.284. The monoisotopic (exact) mass is 358 g/mol. The first-order chi connectivity index (χ1) is 12.6. The van der Waals surface area contributed by atoms with E-state index in [0.29, 0.717) is 12.2 Å². The molecule has 5 nitrogen and oxygen atoms in total. The van der Waals surface area contributed by atoms with Crippen molar-refractivity contribution >= 4 is 5.97 Å². The van der Waals surface area contributed by atoms with Crippen molar-refractivity contribution in [2.75, 3.05) is 13.7 Å². The summed E-state index contributed by atoms with van der Waals surface area (Å²) in [7, 11) is 1.56. The maximum atomic E-state index is 12.3. The molecule has 0 aliphatic rings. The molecule has 0 aliphatic carbocycles. The van der Waals surface area contributed by atoms with Gasteiger partial charge in [0, 0.05) is 7.11 Å². The van der Waals surface area contributed by atoms with Gasteiger partial charge in [-0.3, -0.25) is 0 Å². The van der Waals surface area contributed by atoms with E-state index in [0.717, 1.165) is 5.56 Å². The van der Waals surface area contributed by atoms with Crippen LogP contribution in [0.5, 0.6) is 0 Å². The van der Waals surface area contributed by atoms with Crippen LogP contribution in [0.3, 0.4) is 0 Å². The van der Waals surface area contributed by atoms with Gasteiger partial charge in [0.25, 0.3) is 0 Å². The number of carbonyl (C=O) groups excluding carboxylic acids is 1. The van der Waals surface area contributed by atoms with Crippen LogP contribution >= 0.6 is 0 Å². The summed E-state index contributed by atoms with van der Waals surface area (Å²) in [6.45, 7) is 4.32. The maximum absolute atomic E-state index is 12.3. The van der Waals surface area contributed by atoms with E-state index in [1.807, 2.05) is 36.4 Å². The molecule has 2 rings (SSSR count). The molecule has 0 aromatic heterocycles. The first-order valence-corrected chi connectivity index (χ1v) is 8.66. The molecule has 2 aromatic rings. The van der Waals surface area contributed by atoms with Crippen molar-refractivity contribution in [2.45, 2.75) is 39.0 Å². The zero-order valence-corrected chi connectivity index (χ0v) is 15.5. The standard InChI is InChI=1S/C21H26O5/c1-16(25-21(22)19-12-8-5-9-13-19)20(26-17(2)23-3)15-24-14-18-10-6-4-7-11-18/h4-13,16-17,20H,14-15H2,1-3H3. The fourth-order valence-electron chi connectivity index (χ4n) is 2.34. The average Bonchev–Trinajstić information content (AvgIpc) is 2.68. The van der Waals surface area contributed by atoms with Gasteiger partial charge in [-0.2, -0.15) is 0 Å². The van der Waals surface area contributed by atoms with Crippen molar-refractivity contribution in [2.24, 2.45) is 0 Å². The van der Waals surface area contributed by atoms with Gasteiger partial charge in [0.2, 0.25) is 0 Å². The number of methoxy groups -OCH3 is 1. The third kappa shape index (κ3) is 6.59. The van der Waals surface area contributed by atoms with Gasteiger partial charge in [-0.05, 0) is 31.5 Å². The van der Waals surface area contributed by atoms with Crippen LogP contribution in [-0.2, 0) is 25.6 Å². The minimum Gasteiger partial charge on any atom is -0.456 e. The second-order valence-electron chi connectivity index (χ2n) is 5.96. The number of hydrogen-bond acceptors (Lipinski definition) is 5. The lowest BCUT2D eigenvalue weighted by molar-refractivity contribution is -0.184. The van der Waals surface area contributed by atoms with E-state index in [4.69, 9.17) is 18.9 Å². The fourth-order valence-corrected chi connectivity index (χ4v) is 2.34. The van der Waals surface area contributed by atoms with Crippen LogP contribution in [0.25, 0.3) is 0 Å². The van der Waals surface area contributed by atoms with Gasteiger partial charge < -0.3 is 18.9 Å². The third-order valence-electron chi connectivity index (χ3n) is 3.92. The van der Waals surface area contributed by atoms with Crippen molar-refractivity contribution in [3.8, 4) is 0 Å². The normalized spacial score (nSPS) is 14.4. The molecule has 140 valence electrons. The van der Waals surface area contributed by atoms with E-state index in [-0.39, 0.29) is 12.6 Å². The molecular formula is C21H26O5. The predicted octanol–water partition coefficient (Wildman–Crippen LogP) is 3.83. The first kappa shape index (κ1) is 20.1. The quantitative estimate of drug-likeness (QED) is 0.477. The van der Waals surface area contributed by atoms with Crippen molar-refractivity contribution in [3.05, 3.63) is 71.8 Å². The molecule has 0 heterocycles. The molecule has 26 heavy (non-hydrogen) atoms. The molecule has 5 heteroatoms. The van der Waals surface area contributed by atoms with E-state index in [9.17, 15) is 4.79 Å². The molecule has 0 N–H and O–H groups in total. The van der Waals surface area contributed by atoms with Crippen LogP contribution in [0.4, 0.5) is 0 Å². The Kier molecular flexibility index (Phi) is 8.28. The lowest BCUT2D eigenvalue weighted by atomic mass is 10.2. The summed E-state index contributed by atoms with van der Waals surface area (Å²) >= 11 is 0. The molecule has 0 amide bonds. The molecule has 3 unspecified atom stereocenters. The Morgan fingerprint density at radius 1 is 0.962 bits per heavy atom. The Morgan fingerprint density at radius 2 is 1.58 bits per heavy atom. The zero-order valence-electron chi connectivity index (χ0n) is 15.5. The Hall–Kier alpha value is -2.21. The number of hydrogen-bond donors (Lipinski definition) is 0. The summed E-state index contributed by atoms with van der Waals surface area (Å²) in [4.78, 5) is 12.3.